The van der Waals surface area contributed by atoms with Crippen molar-refractivity contribution < 1.29 is 13.6 Å². The van der Waals surface area contributed by atoms with E-state index in [2.05, 4.69) is 4.90 Å². The maximum Gasteiger partial charge on any atom is 0.324 e. The fourth-order valence-corrected chi connectivity index (χ4v) is 3.29. The van der Waals surface area contributed by atoms with Crippen molar-refractivity contribution in [1.29, 1.82) is 0 Å². The van der Waals surface area contributed by atoms with Gasteiger partial charge in [-0.25, -0.2) is 9.18 Å². The quantitative estimate of drug-likeness (QED) is 0.833. The molecule has 1 unspecified atom stereocenters. The van der Waals surface area contributed by atoms with Gasteiger partial charge in [0, 0.05) is 25.3 Å². The summed E-state index contributed by atoms with van der Waals surface area (Å²) in [5.74, 6) is 0.862. The molecule has 0 saturated carbocycles. The molecule has 0 bridgehead atoms. The Hall–Kier alpha value is -2.34. The van der Waals surface area contributed by atoms with Gasteiger partial charge in [0.05, 0.1) is 12.8 Å². The highest BCUT2D eigenvalue weighted by Gasteiger charge is 2.30. The van der Waals surface area contributed by atoms with Crippen molar-refractivity contribution in [2.45, 2.75) is 13.0 Å². The van der Waals surface area contributed by atoms with E-state index >= 15 is 0 Å². The lowest BCUT2D eigenvalue weighted by molar-refractivity contribution is 0.211. The van der Waals surface area contributed by atoms with Crippen LogP contribution in [0, 0.1) is 11.7 Å². The number of benzene rings is 1. The van der Waals surface area contributed by atoms with Gasteiger partial charge in [-0.05, 0) is 62.8 Å². The summed E-state index contributed by atoms with van der Waals surface area (Å²) in [5, 5.41) is 0. The van der Waals surface area contributed by atoms with E-state index in [9.17, 15) is 9.18 Å². The largest absolute Gasteiger partial charge is 0.467 e. The van der Waals surface area contributed by atoms with Crippen LogP contribution in [0.25, 0.3) is 0 Å². The normalized spacial score (nSPS) is 17.3. The fourth-order valence-electron chi connectivity index (χ4n) is 3.29. The maximum absolute atomic E-state index is 13.3. The molecule has 2 aromatic rings. The van der Waals surface area contributed by atoms with Crippen LogP contribution in [0.3, 0.4) is 0 Å². The van der Waals surface area contributed by atoms with Gasteiger partial charge in [0.25, 0.3) is 0 Å². The summed E-state index contributed by atoms with van der Waals surface area (Å²) in [6.45, 7) is 2.78. The monoisotopic (exact) mass is 345 g/mol. The summed E-state index contributed by atoms with van der Waals surface area (Å²) < 4.78 is 18.7. The molecule has 1 aliphatic rings. The number of hydrogen-bond donors (Lipinski definition) is 0. The Bertz CT molecular complexity index is 685. The van der Waals surface area contributed by atoms with Crippen molar-refractivity contribution in [3.8, 4) is 0 Å². The van der Waals surface area contributed by atoms with Crippen LogP contribution in [0.15, 0.2) is 47.1 Å². The number of carbonyl (C=O) groups excluding carboxylic acids is 1. The zero-order chi connectivity index (χ0) is 17.8. The molecule has 1 aromatic carbocycles. The Morgan fingerprint density at radius 3 is 2.68 bits per heavy atom. The van der Waals surface area contributed by atoms with Crippen LogP contribution in [0.5, 0.6) is 0 Å². The lowest BCUT2D eigenvalue weighted by atomic mass is 10.1. The molecule has 0 N–H and O–H groups in total. The summed E-state index contributed by atoms with van der Waals surface area (Å²) >= 11 is 0. The zero-order valence-corrected chi connectivity index (χ0v) is 14.7. The molecular formula is C19H24FN3O2. The molecule has 3 rings (SSSR count). The van der Waals surface area contributed by atoms with E-state index in [1.165, 1.54) is 12.1 Å². The standard InChI is InChI=1S/C19H24FN3O2/c1-21(2)12-15-9-10-22(13-15)19(24)23(14-18-4-3-11-25-18)17-7-5-16(20)6-8-17/h3-8,11,15H,9-10,12-14H2,1-2H3. The average Bonchev–Trinajstić information content (AvgIpc) is 3.24. The van der Waals surface area contributed by atoms with Gasteiger partial charge in [-0.2, -0.15) is 0 Å². The van der Waals surface area contributed by atoms with E-state index in [-0.39, 0.29) is 11.8 Å². The van der Waals surface area contributed by atoms with Crippen LogP contribution in [-0.2, 0) is 6.54 Å². The third-order valence-corrected chi connectivity index (χ3v) is 4.44. The highest BCUT2D eigenvalue weighted by Crippen LogP contribution is 2.24. The Morgan fingerprint density at radius 1 is 1.28 bits per heavy atom. The highest BCUT2D eigenvalue weighted by molar-refractivity contribution is 5.92. The predicted octanol–water partition coefficient (Wildman–Crippen LogP) is 3.43. The van der Waals surface area contributed by atoms with Crippen LogP contribution >= 0.6 is 0 Å². The molecule has 1 atom stereocenters. The van der Waals surface area contributed by atoms with Gasteiger partial charge in [0.2, 0.25) is 0 Å². The van der Waals surface area contributed by atoms with Crippen molar-refractivity contribution in [2.24, 2.45) is 5.92 Å². The minimum atomic E-state index is -0.318. The second kappa shape index (κ2) is 7.70. The lowest BCUT2D eigenvalue weighted by Crippen LogP contribution is -2.42. The SMILES string of the molecule is CN(C)CC1CCN(C(=O)N(Cc2ccco2)c2ccc(F)cc2)C1. The minimum Gasteiger partial charge on any atom is -0.467 e. The van der Waals surface area contributed by atoms with Gasteiger partial charge < -0.3 is 14.2 Å². The van der Waals surface area contributed by atoms with E-state index in [4.69, 9.17) is 4.42 Å². The molecule has 0 aliphatic carbocycles. The first-order valence-electron chi connectivity index (χ1n) is 8.52. The highest BCUT2D eigenvalue weighted by atomic mass is 19.1. The Morgan fingerprint density at radius 2 is 2.04 bits per heavy atom. The molecule has 0 spiro atoms. The number of anilines is 1. The number of hydrogen-bond acceptors (Lipinski definition) is 3. The van der Waals surface area contributed by atoms with Crippen LogP contribution in [0.2, 0.25) is 0 Å². The van der Waals surface area contributed by atoms with Crippen molar-refractivity contribution in [3.05, 3.63) is 54.2 Å². The number of halogens is 1. The van der Waals surface area contributed by atoms with Crippen molar-refractivity contribution >= 4 is 11.7 Å². The van der Waals surface area contributed by atoms with E-state index < -0.39 is 0 Å². The predicted molar refractivity (Wildman–Crippen MR) is 94.9 cm³/mol. The summed E-state index contributed by atoms with van der Waals surface area (Å²) in [5.41, 5.74) is 0.666. The number of furan rings is 1. The van der Waals surface area contributed by atoms with E-state index in [1.807, 2.05) is 25.1 Å². The second-order valence-electron chi connectivity index (χ2n) is 6.79. The van der Waals surface area contributed by atoms with Crippen molar-refractivity contribution in [3.63, 3.8) is 0 Å². The van der Waals surface area contributed by atoms with Crippen LogP contribution < -0.4 is 4.90 Å². The molecule has 2 heterocycles. The van der Waals surface area contributed by atoms with Crippen LogP contribution in [-0.4, -0.2) is 49.6 Å². The molecule has 1 fully saturated rings. The number of urea groups is 1. The van der Waals surface area contributed by atoms with E-state index in [0.717, 1.165) is 26.1 Å². The molecule has 1 saturated heterocycles. The summed E-state index contributed by atoms with van der Waals surface area (Å²) in [6.07, 6.45) is 2.59. The van der Waals surface area contributed by atoms with Gasteiger partial charge >= 0.3 is 6.03 Å². The zero-order valence-electron chi connectivity index (χ0n) is 14.7. The van der Waals surface area contributed by atoms with Gasteiger partial charge in [-0.1, -0.05) is 0 Å². The lowest BCUT2D eigenvalue weighted by Gasteiger charge is -2.28. The Kier molecular flexibility index (Phi) is 5.38. The van der Waals surface area contributed by atoms with Crippen molar-refractivity contribution in [1.82, 2.24) is 9.80 Å². The van der Waals surface area contributed by atoms with Gasteiger partial charge in [0.15, 0.2) is 0 Å². The molecule has 25 heavy (non-hydrogen) atoms. The first kappa shape index (κ1) is 17.5. The summed E-state index contributed by atoms with van der Waals surface area (Å²) in [4.78, 5) is 18.8. The smallest absolute Gasteiger partial charge is 0.324 e. The minimum absolute atomic E-state index is 0.0655. The molecule has 5 nitrogen and oxygen atoms in total. The molecular weight excluding hydrogens is 321 g/mol. The van der Waals surface area contributed by atoms with Crippen molar-refractivity contribution in [2.75, 3.05) is 38.6 Å². The van der Waals surface area contributed by atoms with Gasteiger partial charge in [-0.15, -0.1) is 0 Å². The molecule has 0 radical (unpaired) electrons. The third kappa shape index (κ3) is 4.39. The third-order valence-electron chi connectivity index (χ3n) is 4.44. The molecule has 2 amide bonds. The Labute approximate surface area is 147 Å². The molecule has 134 valence electrons. The summed E-state index contributed by atoms with van der Waals surface area (Å²) in [6, 6.07) is 9.57. The number of carbonyl (C=O) groups is 1. The van der Waals surface area contributed by atoms with Crippen LogP contribution in [0.4, 0.5) is 14.9 Å². The number of likely N-dealkylation sites (tertiary alicyclic amines) is 1. The van der Waals surface area contributed by atoms with Gasteiger partial charge in [0.1, 0.15) is 11.6 Å². The molecule has 6 heteroatoms. The topological polar surface area (TPSA) is 39.9 Å². The first-order valence-corrected chi connectivity index (χ1v) is 8.52. The average molecular weight is 345 g/mol. The first-order chi connectivity index (χ1) is 12.0. The second-order valence-corrected chi connectivity index (χ2v) is 6.79. The number of rotatable bonds is 5. The fraction of sp³-hybridized carbons (Fsp3) is 0.421. The van der Waals surface area contributed by atoms with E-state index in [0.29, 0.717) is 23.9 Å². The maximum atomic E-state index is 13.3. The Balaban J connectivity index is 1.76. The molecule has 1 aromatic heterocycles. The number of nitrogens with zero attached hydrogens (tertiary/aromatic N) is 3. The molecule has 1 aliphatic heterocycles. The van der Waals surface area contributed by atoms with Crippen LogP contribution in [0.1, 0.15) is 12.2 Å². The van der Waals surface area contributed by atoms with E-state index in [1.54, 1.807) is 29.4 Å². The summed E-state index contributed by atoms with van der Waals surface area (Å²) in [7, 11) is 4.10. The number of amides is 2. The van der Waals surface area contributed by atoms with Gasteiger partial charge in [-0.3, -0.25) is 4.90 Å².